The molecule has 0 fully saturated rings. The monoisotopic (exact) mass is 196 g/mol. The average molecular weight is 196 g/mol. The van der Waals surface area contributed by atoms with Crippen LogP contribution in [0.15, 0.2) is 24.0 Å². The van der Waals surface area contributed by atoms with E-state index >= 15 is 0 Å². The van der Waals surface area contributed by atoms with Gasteiger partial charge in [-0.15, -0.1) is 0 Å². The minimum atomic E-state index is -0.558. The number of carbonyl (C=O) groups excluding carboxylic acids is 2. The number of carbonyl (C=O) groups is 2. The van der Waals surface area contributed by atoms with E-state index < -0.39 is 11.9 Å². The van der Waals surface area contributed by atoms with E-state index in [0.717, 1.165) is 30.6 Å². The largest absolute Gasteiger partial charge is 0.458 e. The van der Waals surface area contributed by atoms with Crippen molar-refractivity contribution >= 4 is 11.9 Å². The summed E-state index contributed by atoms with van der Waals surface area (Å²) in [4.78, 5) is 21.9. The molecule has 0 radical (unpaired) electrons. The van der Waals surface area contributed by atoms with Crippen LogP contribution in [-0.4, -0.2) is 18.5 Å². The molecule has 0 aliphatic carbocycles. The summed E-state index contributed by atoms with van der Waals surface area (Å²) in [5.74, 6) is -1.08. The molecular weight excluding hydrogens is 184 g/mol. The lowest BCUT2D eigenvalue weighted by molar-refractivity contribution is -0.137. The number of hydrogen-bond acceptors (Lipinski definition) is 4. The molecule has 1 heterocycles. The van der Waals surface area contributed by atoms with Gasteiger partial charge in [0.15, 0.2) is 0 Å². The first-order valence-electron chi connectivity index (χ1n) is 4.45. The van der Waals surface area contributed by atoms with Gasteiger partial charge in [-0.1, -0.05) is 13.3 Å². The van der Waals surface area contributed by atoms with Crippen molar-refractivity contribution < 1.29 is 19.1 Å². The van der Waals surface area contributed by atoms with E-state index in [1.54, 1.807) is 0 Å². The lowest BCUT2D eigenvalue weighted by atomic mass is 10.2. The van der Waals surface area contributed by atoms with Crippen molar-refractivity contribution in [2.45, 2.75) is 19.8 Å². The Bertz CT molecular complexity index is 288. The van der Waals surface area contributed by atoms with Gasteiger partial charge in [0.2, 0.25) is 0 Å². The maximum atomic E-state index is 10.9. The second kappa shape index (κ2) is 5.21. The van der Waals surface area contributed by atoms with Gasteiger partial charge in [-0.25, -0.2) is 9.59 Å². The fourth-order valence-corrected chi connectivity index (χ4v) is 1.01. The molecule has 1 aliphatic rings. The third-order valence-corrected chi connectivity index (χ3v) is 1.67. The molecule has 0 amide bonds. The zero-order valence-electron chi connectivity index (χ0n) is 7.99. The number of hydrogen-bond donors (Lipinski definition) is 0. The third-order valence-electron chi connectivity index (χ3n) is 1.67. The molecule has 0 bridgehead atoms. The Hall–Kier alpha value is -1.58. The lowest BCUT2D eigenvalue weighted by Crippen LogP contribution is -2.04. The van der Waals surface area contributed by atoms with Crippen LogP contribution >= 0.6 is 0 Å². The van der Waals surface area contributed by atoms with Gasteiger partial charge in [0.05, 0.1) is 6.26 Å². The molecule has 0 saturated carbocycles. The topological polar surface area (TPSA) is 52.6 Å². The van der Waals surface area contributed by atoms with Gasteiger partial charge in [-0.3, -0.25) is 0 Å². The molecule has 0 N–H and O–H groups in total. The molecule has 0 aromatic heterocycles. The standard InChI is InChI=1S/C10H12O4/c1-2-3-8-6-13-9(11)4-5-10(12)14-7-8/h4-6H,2-3,7H2,1H3/b5-4-,8-6-. The van der Waals surface area contributed by atoms with Gasteiger partial charge in [-0.05, 0) is 6.42 Å². The third kappa shape index (κ3) is 3.43. The van der Waals surface area contributed by atoms with E-state index in [4.69, 9.17) is 9.47 Å². The number of esters is 2. The smallest absolute Gasteiger partial charge is 0.335 e. The van der Waals surface area contributed by atoms with Crippen LogP contribution in [0.25, 0.3) is 0 Å². The molecule has 0 spiro atoms. The summed E-state index contributed by atoms with van der Waals surface area (Å²) in [6.07, 6.45) is 5.13. The Morgan fingerprint density at radius 1 is 1.29 bits per heavy atom. The Labute approximate surface area is 82.2 Å². The summed E-state index contributed by atoms with van der Waals surface area (Å²) in [7, 11) is 0. The predicted molar refractivity (Wildman–Crippen MR) is 49.2 cm³/mol. The van der Waals surface area contributed by atoms with Crippen molar-refractivity contribution in [2.24, 2.45) is 0 Å². The Kier molecular flexibility index (Phi) is 3.91. The maximum Gasteiger partial charge on any atom is 0.335 e. The fourth-order valence-electron chi connectivity index (χ4n) is 1.01. The number of ether oxygens (including phenoxy) is 2. The van der Waals surface area contributed by atoms with E-state index in [1.807, 2.05) is 6.92 Å². The van der Waals surface area contributed by atoms with Gasteiger partial charge in [0.1, 0.15) is 6.61 Å². The minimum absolute atomic E-state index is 0.185. The van der Waals surface area contributed by atoms with Gasteiger partial charge in [0, 0.05) is 17.7 Å². The number of rotatable bonds is 2. The van der Waals surface area contributed by atoms with E-state index in [-0.39, 0.29) is 6.61 Å². The molecule has 1 rings (SSSR count). The first kappa shape index (κ1) is 10.5. The van der Waals surface area contributed by atoms with E-state index in [2.05, 4.69) is 0 Å². The van der Waals surface area contributed by atoms with Crippen molar-refractivity contribution in [1.82, 2.24) is 0 Å². The predicted octanol–water partition coefficient (Wildman–Crippen LogP) is 1.33. The van der Waals surface area contributed by atoms with Gasteiger partial charge >= 0.3 is 11.9 Å². The zero-order chi connectivity index (χ0) is 10.4. The Morgan fingerprint density at radius 2 is 2.00 bits per heavy atom. The van der Waals surface area contributed by atoms with Crippen LogP contribution in [-0.2, 0) is 19.1 Å². The maximum absolute atomic E-state index is 10.9. The Morgan fingerprint density at radius 3 is 2.71 bits per heavy atom. The molecular formula is C10H12O4. The number of cyclic esters (lactones) is 2. The van der Waals surface area contributed by atoms with Crippen LogP contribution in [0.3, 0.4) is 0 Å². The average Bonchev–Trinajstić information content (AvgIpc) is 2.24. The van der Waals surface area contributed by atoms with Crippen LogP contribution in [0.2, 0.25) is 0 Å². The first-order chi connectivity index (χ1) is 6.72. The SMILES string of the molecule is CCC/C1=C/OC(=O)/C=C\C(=O)OC1. The fraction of sp³-hybridized carbons (Fsp3) is 0.400. The normalized spacial score (nSPS) is 23.4. The highest BCUT2D eigenvalue weighted by Gasteiger charge is 2.06. The molecule has 14 heavy (non-hydrogen) atoms. The molecule has 0 saturated heterocycles. The van der Waals surface area contributed by atoms with Crippen LogP contribution in [0.4, 0.5) is 0 Å². The van der Waals surface area contributed by atoms with E-state index in [9.17, 15) is 9.59 Å². The summed E-state index contributed by atoms with van der Waals surface area (Å²) in [5, 5.41) is 0. The van der Waals surface area contributed by atoms with E-state index in [0.29, 0.717) is 0 Å². The Balaban J connectivity index is 2.69. The molecule has 0 unspecified atom stereocenters. The summed E-state index contributed by atoms with van der Waals surface area (Å²) < 4.78 is 9.61. The van der Waals surface area contributed by atoms with Gasteiger partial charge in [-0.2, -0.15) is 0 Å². The highest BCUT2D eigenvalue weighted by Crippen LogP contribution is 2.07. The summed E-state index contributed by atoms with van der Waals surface area (Å²) >= 11 is 0. The second-order valence-corrected chi connectivity index (χ2v) is 2.90. The van der Waals surface area contributed by atoms with Gasteiger partial charge in [0.25, 0.3) is 0 Å². The van der Waals surface area contributed by atoms with Crippen molar-refractivity contribution in [3.63, 3.8) is 0 Å². The highest BCUT2D eigenvalue weighted by molar-refractivity contribution is 5.92. The van der Waals surface area contributed by atoms with Crippen LogP contribution < -0.4 is 0 Å². The van der Waals surface area contributed by atoms with E-state index in [1.165, 1.54) is 6.26 Å². The molecule has 0 aromatic rings. The van der Waals surface area contributed by atoms with Crippen molar-refractivity contribution in [3.8, 4) is 0 Å². The minimum Gasteiger partial charge on any atom is -0.458 e. The summed E-state index contributed by atoms with van der Waals surface area (Å²) in [6.45, 7) is 2.18. The quantitative estimate of drug-likeness (QED) is 0.625. The van der Waals surface area contributed by atoms with Crippen LogP contribution in [0.1, 0.15) is 19.8 Å². The molecule has 4 nitrogen and oxygen atoms in total. The van der Waals surface area contributed by atoms with Crippen molar-refractivity contribution in [3.05, 3.63) is 24.0 Å². The van der Waals surface area contributed by atoms with Crippen molar-refractivity contribution in [2.75, 3.05) is 6.61 Å². The first-order valence-corrected chi connectivity index (χ1v) is 4.45. The van der Waals surface area contributed by atoms with Crippen molar-refractivity contribution in [1.29, 1.82) is 0 Å². The molecule has 4 heteroatoms. The second-order valence-electron chi connectivity index (χ2n) is 2.90. The summed E-state index contributed by atoms with van der Waals surface area (Å²) in [5.41, 5.74) is 0.804. The molecule has 0 atom stereocenters. The van der Waals surface area contributed by atoms with Crippen LogP contribution in [0.5, 0.6) is 0 Å². The summed E-state index contributed by atoms with van der Waals surface area (Å²) in [6, 6.07) is 0. The van der Waals surface area contributed by atoms with Crippen LogP contribution in [0, 0.1) is 0 Å². The molecule has 0 aromatic carbocycles. The molecule has 1 aliphatic heterocycles. The van der Waals surface area contributed by atoms with Gasteiger partial charge < -0.3 is 9.47 Å². The molecule has 76 valence electrons. The highest BCUT2D eigenvalue weighted by atomic mass is 16.5. The lowest BCUT2D eigenvalue weighted by Gasteiger charge is -2.04. The zero-order valence-corrected chi connectivity index (χ0v) is 7.99.